The number of aromatic nitrogens is 4. The van der Waals surface area contributed by atoms with Crippen molar-refractivity contribution in [3.63, 3.8) is 0 Å². The second-order valence-electron chi connectivity index (χ2n) is 9.47. The average molecular weight is 480 g/mol. The van der Waals surface area contributed by atoms with Crippen LogP contribution in [-0.4, -0.2) is 43.6 Å². The third-order valence-corrected chi connectivity index (χ3v) is 7.08. The molecule has 2 fully saturated rings. The number of piperidine rings is 1. The highest BCUT2D eigenvalue weighted by Crippen LogP contribution is 2.42. The molecule has 3 atom stereocenters. The summed E-state index contributed by atoms with van der Waals surface area (Å²) in [5.41, 5.74) is 8.61. The third kappa shape index (κ3) is 4.08. The first kappa shape index (κ1) is 22.3. The van der Waals surface area contributed by atoms with Gasteiger partial charge in [-0.1, -0.05) is 30.9 Å². The summed E-state index contributed by atoms with van der Waals surface area (Å²) in [5.74, 6) is 2.30. The van der Waals surface area contributed by atoms with Gasteiger partial charge in [-0.25, -0.2) is 14.6 Å². The number of likely N-dealkylation sites (tertiary alicyclic amines) is 1. The number of nitrogens with two attached hydrogens (primary N) is 1. The number of hydrogen-bond acceptors (Lipinski definition) is 6. The summed E-state index contributed by atoms with van der Waals surface area (Å²) in [7, 11) is 0. The number of fused-ring (bicyclic) bond motifs is 1. The number of nitrogen functional groups attached to an aromatic ring is 1. The first-order chi connectivity index (χ1) is 17.6. The van der Waals surface area contributed by atoms with Crippen molar-refractivity contribution in [3.8, 4) is 22.8 Å². The molecule has 0 bridgehead atoms. The van der Waals surface area contributed by atoms with Crippen molar-refractivity contribution < 1.29 is 9.53 Å². The monoisotopic (exact) mass is 479 g/mol. The molecule has 1 aliphatic carbocycles. The molecule has 1 saturated carbocycles. The van der Waals surface area contributed by atoms with E-state index in [9.17, 15) is 4.79 Å². The van der Waals surface area contributed by atoms with Crippen molar-refractivity contribution in [3.05, 3.63) is 73.6 Å². The zero-order valence-electron chi connectivity index (χ0n) is 19.8. The van der Waals surface area contributed by atoms with Gasteiger partial charge < -0.3 is 15.4 Å². The number of amides is 1. The van der Waals surface area contributed by atoms with Gasteiger partial charge in [-0.15, -0.1) is 0 Å². The molecule has 1 aliphatic heterocycles. The van der Waals surface area contributed by atoms with E-state index in [2.05, 4.69) is 9.97 Å². The topological polar surface area (TPSA) is 99.2 Å². The molecule has 2 N–H and O–H groups in total. The number of allylic oxidation sites excluding steroid dienone is 1. The Kier molecular flexibility index (Phi) is 5.64. The van der Waals surface area contributed by atoms with E-state index in [1.165, 1.54) is 6.33 Å². The maximum absolute atomic E-state index is 13.0. The largest absolute Gasteiger partial charge is 0.457 e. The molecular formula is C28H27N6O2. The maximum Gasteiger partial charge on any atom is 0.226 e. The van der Waals surface area contributed by atoms with Gasteiger partial charge in [-0.05, 0) is 61.6 Å². The molecule has 181 valence electrons. The number of carbonyl (C=O) groups excluding carboxylic acids is 1. The molecule has 4 aromatic rings. The smallest absolute Gasteiger partial charge is 0.226 e. The Bertz CT molecular complexity index is 1420. The zero-order valence-corrected chi connectivity index (χ0v) is 19.8. The summed E-state index contributed by atoms with van der Waals surface area (Å²) in [6.45, 7) is 7.00. The van der Waals surface area contributed by atoms with Gasteiger partial charge in [0, 0.05) is 24.6 Å². The Morgan fingerprint density at radius 2 is 1.86 bits per heavy atom. The van der Waals surface area contributed by atoms with E-state index in [0.29, 0.717) is 18.0 Å². The third-order valence-electron chi connectivity index (χ3n) is 7.08. The molecule has 0 unspecified atom stereocenters. The van der Waals surface area contributed by atoms with Gasteiger partial charge in [0.25, 0.3) is 0 Å². The number of rotatable bonds is 6. The Morgan fingerprint density at radius 1 is 1.08 bits per heavy atom. The zero-order chi connectivity index (χ0) is 24.6. The predicted octanol–water partition coefficient (Wildman–Crippen LogP) is 4.66. The lowest BCUT2D eigenvalue weighted by molar-refractivity contribution is -0.134. The molecule has 1 saturated heterocycles. The molecule has 1 radical (unpaired) electrons. The van der Waals surface area contributed by atoms with E-state index in [1.54, 1.807) is 6.08 Å². The fourth-order valence-corrected chi connectivity index (χ4v) is 5.06. The Labute approximate surface area is 209 Å². The molecule has 2 aromatic carbocycles. The van der Waals surface area contributed by atoms with Crippen LogP contribution in [0.3, 0.4) is 0 Å². The molecule has 3 heterocycles. The summed E-state index contributed by atoms with van der Waals surface area (Å²) in [5, 5.41) is 5.69. The van der Waals surface area contributed by atoms with Crippen LogP contribution in [0, 0.1) is 18.4 Å². The fourth-order valence-electron chi connectivity index (χ4n) is 5.06. The molecule has 2 aromatic heterocycles. The Morgan fingerprint density at radius 3 is 2.61 bits per heavy atom. The van der Waals surface area contributed by atoms with Crippen LogP contribution in [0.5, 0.6) is 11.5 Å². The highest BCUT2D eigenvalue weighted by Gasteiger charge is 2.44. The molecule has 0 spiro atoms. The highest BCUT2D eigenvalue weighted by molar-refractivity contribution is 5.98. The fraction of sp³-hybridized carbons (Fsp3) is 0.286. The Balaban J connectivity index is 1.30. The van der Waals surface area contributed by atoms with E-state index >= 15 is 0 Å². The van der Waals surface area contributed by atoms with E-state index < -0.39 is 0 Å². The molecule has 1 amide bonds. The van der Waals surface area contributed by atoms with Gasteiger partial charge >= 0.3 is 0 Å². The lowest BCUT2D eigenvalue weighted by Gasteiger charge is -2.33. The number of para-hydroxylation sites is 1. The first-order valence-electron chi connectivity index (χ1n) is 12.3. The van der Waals surface area contributed by atoms with Crippen LogP contribution < -0.4 is 10.5 Å². The minimum atomic E-state index is 0.00740. The summed E-state index contributed by atoms with van der Waals surface area (Å²) in [6, 6.07) is 17.4. The highest BCUT2D eigenvalue weighted by atomic mass is 16.5. The second kappa shape index (κ2) is 9.11. The molecule has 8 heteroatoms. The van der Waals surface area contributed by atoms with Gasteiger partial charge in [0.2, 0.25) is 5.91 Å². The number of ether oxygens (including phenoxy) is 1. The summed E-state index contributed by atoms with van der Waals surface area (Å²) >= 11 is 0. The quantitative estimate of drug-likeness (QED) is 0.432. The summed E-state index contributed by atoms with van der Waals surface area (Å²) in [6.07, 6.45) is 5.77. The minimum absolute atomic E-state index is 0.00740. The Hall–Kier alpha value is -4.20. The van der Waals surface area contributed by atoms with Gasteiger partial charge in [-0.2, -0.15) is 5.10 Å². The van der Waals surface area contributed by atoms with Crippen molar-refractivity contribution in [2.24, 2.45) is 11.8 Å². The minimum Gasteiger partial charge on any atom is -0.457 e. The number of nitrogens with zero attached hydrogens (tertiary/aromatic N) is 5. The van der Waals surface area contributed by atoms with E-state index in [1.807, 2.05) is 64.2 Å². The normalized spacial score (nSPS) is 21.3. The van der Waals surface area contributed by atoms with E-state index in [-0.39, 0.29) is 23.8 Å². The predicted molar refractivity (Wildman–Crippen MR) is 137 cm³/mol. The number of hydrogen-bond donors (Lipinski definition) is 1. The average Bonchev–Trinajstić information content (AvgIpc) is 3.61. The lowest BCUT2D eigenvalue weighted by Crippen LogP contribution is -2.42. The lowest BCUT2D eigenvalue weighted by atomic mass is 10.0. The van der Waals surface area contributed by atoms with Crippen LogP contribution in [0.4, 0.5) is 5.82 Å². The second-order valence-corrected chi connectivity index (χ2v) is 9.47. The summed E-state index contributed by atoms with van der Waals surface area (Å²) in [4.78, 5) is 23.7. The molecule has 8 nitrogen and oxygen atoms in total. The van der Waals surface area contributed by atoms with Crippen LogP contribution in [0.1, 0.15) is 25.3 Å². The van der Waals surface area contributed by atoms with E-state index in [4.69, 9.17) is 22.1 Å². The van der Waals surface area contributed by atoms with Gasteiger partial charge in [-0.3, -0.25) is 4.79 Å². The molecule has 2 aliphatic rings. The number of carbonyl (C=O) groups is 1. The van der Waals surface area contributed by atoms with E-state index in [0.717, 1.165) is 53.9 Å². The van der Waals surface area contributed by atoms with Crippen molar-refractivity contribution in [1.82, 2.24) is 24.6 Å². The van der Waals surface area contributed by atoms with Crippen molar-refractivity contribution in [2.75, 3.05) is 18.8 Å². The van der Waals surface area contributed by atoms with Crippen LogP contribution >= 0.6 is 0 Å². The number of benzene rings is 2. The molecule has 6 rings (SSSR count). The molecular weight excluding hydrogens is 452 g/mol. The van der Waals surface area contributed by atoms with Crippen molar-refractivity contribution in [2.45, 2.75) is 25.3 Å². The van der Waals surface area contributed by atoms with Gasteiger partial charge in [0.05, 0.1) is 11.4 Å². The van der Waals surface area contributed by atoms with Crippen molar-refractivity contribution >= 4 is 22.8 Å². The SMILES string of the molecule is [CH]=C[C@H]1C[C@H]1C(=O)N1CCC[C@@H](n2nc(-c3ccc(Oc4ccccc4)cc3)c3c(N)ncnc32)C1. The number of anilines is 1. The van der Waals surface area contributed by atoms with Crippen molar-refractivity contribution in [1.29, 1.82) is 0 Å². The van der Waals surface area contributed by atoms with Gasteiger partial charge in [0.1, 0.15) is 29.3 Å². The standard InChI is InChI=1S/C28H27N6O2/c1-2-18-15-23(18)28(35)33-14-6-7-20(16-33)34-27-24(26(29)30-17-31-27)25(32-34)19-10-12-22(13-11-19)36-21-8-4-3-5-9-21/h1-5,8-13,17-18,20,23H,6-7,14-16H2,(H2,29,30,31)/t18-,20+,23+/m0/s1. The van der Waals surface area contributed by atoms with Crippen LogP contribution in [0.15, 0.2) is 67.0 Å². The maximum atomic E-state index is 13.0. The van der Waals surface area contributed by atoms with Gasteiger partial charge in [0.15, 0.2) is 5.65 Å². The first-order valence-corrected chi connectivity index (χ1v) is 12.3. The van der Waals surface area contributed by atoms with Crippen LogP contribution in [0.2, 0.25) is 0 Å². The van der Waals surface area contributed by atoms with Crippen LogP contribution in [0.25, 0.3) is 22.3 Å². The molecule has 36 heavy (non-hydrogen) atoms. The summed E-state index contributed by atoms with van der Waals surface area (Å²) < 4.78 is 7.86. The van der Waals surface area contributed by atoms with Crippen LogP contribution in [-0.2, 0) is 4.79 Å².